The number of piperidine rings is 1. The quantitative estimate of drug-likeness (QED) is 0.903. The van der Waals surface area contributed by atoms with Crippen molar-refractivity contribution in [3.05, 3.63) is 42.5 Å². The van der Waals surface area contributed by atoms with Crippen molar-refractivity contribution in [1.29, 1.82) is 0 Å². The third-order valence-corrected chi connectivity index (χ3v) is 4.10. The van der Waals surface area contributed by atoms with E-state index in [-0.39, 0.29) is 30.7 Å². The maximum Gasteiger partial charge on any atom is 0.224 e. The maximum absolute atomic E-state index is 12.3. The third-order valence-electron chi connectivity index (χ3n) is 4.10. The van der Waals surface area contributed by atoms with E-state index in [4.69, 9.17) is 0 Å². The number of amides is 2. The molecule has 0 aliphatic carbocycles. The number of likely N-dealkylation sites (tertiary alicyclic amines) is 1. The van der Waals surface area contributed by atoms with Gasteiger partial charge < -0.3 is 10.2 Å². The van der Waals surface area contributed by atoms with Crippen molar-refractivity contribution in [2.24, 2.45) is 5.92 Å². The van der Waals surface area contributed by atoms with Crippen molar-refractivity contribution in [2.75, 3.05) is 13.6 Å². The van der Waals surface area contributed by atoms with E-state index < -0.39 is 0 Å². The molecule has 7 nitrogen and oxygen atoms in total. The maximum atomic E-state index is 12.3. The number of carbonyl (C=O) groups is 2. The van der Waals surface area contributed by atoms with Gasteiger partial charge in [-0.1, -0.05) is 18.2 Å². The highest BCUT2D eigenvalue weighted by atomic mass is 16.2. The lowest BCUT2D eigenvalue weighted by molar-refractivity contribution is -0.139. The summed E-state index contributed by atoms with van der Waals surface area (Å²) in [4.78, 5) is 25.6. The molecule has 7 heteroatoms. The molecule has 0 unspecified atom stereocenters. The molecule has 0 saturated carbocycles. The number of carbonyl (C=O) groups excluding carboxylic acids is 2. The lowest BCUT2D eigenvalue weighted by Gasteiger charge is -2.27. The van der Waals surface area contributed by atoms with E-state index >= 15 is 0 Å². The Balaban J connectivity index is 1.62. The highest BCUT2D eigenvalue weighted by Crippen LogP contribution is 2.17. The molecule has 0 spiro atoms. The Bertz CT molecular complexity index is 698. The number of aromatic nitrogens is 3. The van der Waals surface area contributed by atoms with Crippen LogP contribution in [0.25, 0.3) is 5.69 Å². The summed E-state index contributed by atoms with van der Waals surface area (Å²) in [5.74, 6) is 0.313. The van der Waals surface area contributed by atoms with Crippen LogP contribution in [0.5, 0.6) is 0 Å². The van der Waals surface area contributed by atoms with Crippen molar-refractivity contribution >= 4 is 11.8 Å². The van der Waals surface area contributed by atoms with Gasteiger partial charge in [-0.3, -0.25) is 14.2 Å². The molecule has 2 heterocycles. The van der Waals surface area contributed by atoms with Crippen LogP contribution in [0, 0.1) is 5.92 Å². The highest BCUT2D eigenvalue weighted by molar-refractivity contribution is 5.86. The first-order valence-electron chi connectivity index (χ1n) is 7.61. The smallest absolute Gasteiger partial charge is 0.224 e. The highest BCUT2D eigenvalue weighted by Gasteiger charge is 2.28. The average molecular weight is 313 g/mol. The Kier molecular flexibility index (Phi) is 4.36. The van der Waals surface area contributed by atoms with Crippen LogP contribution in [0.15, 0.2) is 36.7 Å². The van der Waals surface area contributed by atoms with E-state index in [9.17, 15) is 9.59 Å². The van der Waals surface area contributed by atoms with E-state index in [0.717, 1.165) is 5.69 Å². The van der Waals surface area contributed by atoms with Gasteiger partial charge in [0.25, 0.3) is 0 Å². The Morgan fingerprint density at radius 2 is 2.13 bits per heavy atom. The number of nitrogens with zero attached hydrogens (tertiary/aromatic N) is 4. The summed E-state index contributed by atoms with van der Waals surface area (Å²) in [6.45, 7) is 0.908. The molecule has 1 aromatic carbocycles. The molecule has 1 atom stereocenters. The van der Waals surface area contributed by atoms with Crippen LogP contribution in [0.1, 0.15) is 18.7 Å². The Morgan fingerprint density at radius 1 is 1.35 bits per heavy atom. The van der Waals surface area contributed by atoms with Gasteiger partial charge >= 0.3 is 0 Å². The van der Waals surface area contributed by atoms with Gasteiger partial charge in [0.2, 0.25) is 11.8 Å². The second-order valence-electron chi connectivity index (χ2n) is 5.68. The molecule has 1 aliphatic rings. The van der Waals surface area contributed by atoms with Crippen molar-refractivity contribution in [3.63, 3.8) is 0 Å². The number of rotatable bonds is 4. The van der Waals surface area contributed by atoms with Gasteiger partial charge in [0.05, 0.1) is 6.54 Å². The van der Waals surface area contributed by atoms with E-state index in [1.165, 1.54) is 0 Å². The van der Waals surface area contributed by atoms with Gasteiger partial charge in [-0.15, -0.1) is 10.2 Å². The molecule has 23 heavy (non-hydrogen) atoms. The van der Waals surface area contributed by atoms with Gasteiger partial charge in [-0.25, -0.2) is 0 Å². The molecule has 1 saturated heterocycles. The predicted octanol–water partition coefficient (Wildman–Crippen LogP) is 0.752. The SMILES string of the molecule is CN1CC[C@H](C(=O)NCc2nncn2-c2ccccc2)CC1=O. The predicted molar refractivity (Wildman–Crippen MR) is 83.6 cm³/mol. The summed E-state index contributed by atoms with van der Waals surface area (Å²) < 4.78 is 1.83. The van der Waals surface area contributed by atoms with E-state index in [2.05, 4.69) is 15.5 Å². The zero-order valence-corrected chi connectivity index (χ0v) is 13.0. The fourth-order valence-electron chi connectivity index (χ4n) is 2.66. The molecule has 0 radical (unpaired) electrons. The van der Waals surface area contributed by atoms with Gasteiger partial charge in [0.1, 0.15) is 6.33 Å². The molecule has 1 aromatic heterocycles. The van der Waals surface area contributed by atoms with Crippen molar-refractivity contribution < 1.29 is 9.59 Å². The van der Waals surface area contributed by atoms with Crippen molar-refractivity contribution in [1.82, 2.24) is 25.0 Å². The first-order chi connectivity index (χ1) is 11.1. The van der Waals surface area contributed by atoms with Gasteiger partial charge in [-0.2, -0.15) is 0 Å². The van der Waals surface area contributed by atoms with E-state index in [1.54, 1.807) is 18.3 Å². The molecule has 120 valence electrons. The summed E-state index contributed by atoms with van der Waals surface area (Å²) in [6, 6.07) is 9.70. The number of para-hydroxylation sites is 1. The second kappa shape index (κ2) is 6.60. The van der Waals surface area contributed by atoms with Crippen LogP contribution < -0.4 is 5.32 Å². The summed E-state index contributed by atoms with van der Waals surface area (Å²) in [5, 5.41) is 10.8. The van der Waals surface area contributed by atoms with Gasteiger partial charge in [0.15, 0.2) is 5.82 Å². The van der Waals surface area contributed by atoms with Crippen molar-refractivity contribution in [3.8, 4) is 5.69 Å². The monoisotopic (exact) mass is 313 g/mol. The molecule has 1 fully saturated rings. The standard InChI is InChI=1S/C16H19N5O2/c1-20-8-7-12(9-15(20)22)16(23)17-10-14-19-18-11-21(14)13-5-3-2-4-6-13/h2-6,11-12H,7-10H2,1H3,(H,17,23)/t12-/m0/s1. The Labute approximate surface area is 134 Å². The largest absolute Gasteiger partial charge is 0.349 e. The Morgan fingerprint density at radius 3 is 2.87 bits per heavy atom. The lowest BCUT2D eigenvalue weighted by atomic mass is 9.96. The molecule has 2 aromatic rings. The molecule has 1 aliphatic heterocycles. The molecule has 2 amide bonds. The second-order valence-corrected chi connectivity index (χ2v) is 5.68. The van der Waals surface area contributed by atoms with Crippen LogP contribution in [0.2, 0.25) is 0 Å². The fourth-order valence-corrected chi connectivity index (χ4v) is 2.66. The van der Waals surface area contributed by atoms with Gasteiger partial charge in [0, 0.05) is 31.6 Å². The fraction of sp³-hybridized carbons (Fsp3) is 0.375. The van der Waals surface area contributed by atoms with Crippen LogP contribution >= 0.6 is 0 Å². The average Bonchev–Trinajstić information content (AvgIpc) is 3.04. The number of hydrogen-bond donors (Lipinski definition) is 1. The summed E-state index contributed by atoms with van der Waals surface area (Å²) in [5.41, 5.74) is 0.941. The molecule has 0 bridgehead atoms. The van der Waals surface area contributed by atoms with Crippen molar-refractivity contribution in [2.45, 2.75) is 19.4 Å². The normalized spacial score (nSPS) is 18.0. The first-order valence-corrected chi connectivity index (χ1v) is 7.61. The minimum atomic E-state index is -0.258. The summed E-state index contributed by atoms with van der Waals surface area (Å²) >= 11 is 0. The zero-order valence-electron chi connectivity index (χ0n) is 13.0. The number of benzene rings is 1. The number of hydrogen-bond acceptors (Lipinski definition) is 4. The van der Waals surface area contributed by atoms with Crippen LogP contribution in [0.3, 0.4) is 0 Å². The van der Waals surface area contributed by atoms with Gasteiger partial charge in [-0.05, 0) is 18.6 Å². The minimum Gasteiger partial charge on any atom is -0.349 e. The van der Waals surface area contributed by atoms with Crippen LogP contribution in [-0.2, 0) is 16.1 Å². The van der Waals surface area contributed by atoms with Crippen LogP contribution in [0.4, 0.5) is 0 Å². The topological polar surface area (TPSA) is 80.1 Å². The summed E-state index contributed by atoms with van der Waals surface area (Å²) in [7, 11) is 1.76. The lowest BCUT2D eigenvalue weighted by Crippen LogP contribution is -2.42. The molecular formula is C16H19N5O2. The third kappa shape index (κ3) is 3.39. The molecule has 1 N–H and O–H groups in total. The minimum absolute atomic E-state index is 0.0175. The van der Waals surface area contributed by atoms with E-state index in [1.807, 2.05) is 34.9 Å². The molecule has 3 rings (SSSR count). The van der Waals surface area contributed by atoms with Crippen LogP contribution in [-0.4, -0.2) is 45.1 Å². The first kappa shape index (κ1) is 15.2. The summed E-state index contributed by atoms with van der Waals surface area (Å²) in [6.07, 6.45) is 2.59. The zero-order chi connectivity index (χ0) is 16.2. The number of nitrogens with one attached hydrogen (secondary N) is 1. The Hall–Kier alpha value is -2.70. The van der Waals surface area contributed by atoms with E-state index in [0.29, 0.717) is 18.8 Å². The molecular weight excluding hydrogens is 294 g/mol.